The summed E-state index contributed by atoms with van der Waals surface area (Å²) in [6, 6.07) is 42.5. The minimum atomic E-state index is -4.78. The summed E-state index contributed by atoms with van der Waals surface area (Å²) in [5.41, 5.74) is 12.1. The van der Waals surface area contributed by atoms with Gasteiger partial charge in [-0.05, 0) is 0 Å². The van der Waals surface area contributed by atoms with Crippen LogP contribution in [-0.4, -0.2) is 5.92 Å². The summed E-state index contributed by atoms with van der Waals surface area (Å²) < 4.78 is 1.38. The number of hydrogen-bond acceptors (Lipinski definition) is 0. The van der Waals surface area contributed by atoms with E-state index in [1.165, 1.54) is 74.9 Å². The number of allylic oxidation sites excluding steroid dienone is 1. The molecule has 0 aliphatic heterocycles. The van der Waals surface area contributed by atoms with E-state index in [1.807, 2.05) is 0 Å². The van der Waals surface area contributed by atoms with Gasteiger partial charge in [0.2, 0.25) is 0 Å². The molecule has 0 N–H and O–H groups in total. The summed E-state index contributed by atoms with van der Waals surface area (Å²) >= 11 is -4.78. The Labute approximate surface area is 269 Å². The molecule has 0 amide bonds. The van der Waals surface area contributed by atoms with Gasteiger partial charge in [-0.1, -0.05) is 0 Å². The molecule has 0 fully saturated rings. The molecule has 0 bridgehead atoms. The molecule has 0 saturated heterocycles. The molecule has 6 aromatic rings. The maximum atomic E-state index is 8.47. The van der Waals surface area contributed by atoms with Crippen LogP contribution in [0.2, 0.25) is 13.1 Å². The third-order valence-corrected chi connectivity index (χ3v) is 60.5. The molecule has 2 aliphatic carbocycles. The molecule has 0 saturated carbocycles. The zero-order valence-corrected chi connectivity index (χ0v) is 30.5. The molecule has 4 heteroatoms. The Kier molecular flexibility index (Phi) is 6.78. The van der Waals surface area contributed by atoms with Crippen molar-refractivity contribution in [2.45, 2.75) is 36.5 Å². The van der Waals surface area contributed by atoms with Gasteiger partial charge in [0.25, 0.3) is 0 Å². The summed E-state index contributed by atoms with van der Waals surface area (Å²) in [5, 5.41) is 5.10. The molecular formula is C40H35Cl2SiZr. The Balaban J connectivity index is 1.40. The molecule has 8 rings (SSSR count). The van der Waals surface area contributed by atoms with Gasteiger partial charge in [-0.25, -0.2) is 0 Å². The first-order valence-corrected chi connectivity index (χ1v) is 32.0. The molecule has 1 unspecified atom stereocenters. The van der Waals surface area contributed by atoms with Gasteiger partial charge in [0.05, 0.1) is 0 Å². The van der Waals surface area contributed by atoms with Crippen LogP contribution in [0.3, 0.4) is 0 Å². The van der Waals surface area contributed by atoms with Crippen LogP contribution in [0.5, 0.6) is 0 Å². The Morgan fingerprint density at radius 1 is 0.705 bits per heavy atom. The van der Waals surface area contributed by atoms with Crippen molar-refractivity contribution in [3.63, 3.8) is 0 Å². The minimum absolute atomic E-state index is 0.0721. The van der Waals surface area contributed by atoms with Crippen LogP contribution in [0.25, 0.3) is 49.9 Å². The monoisotopic (exact) mass is 703 g/mol. The number of hydrogen-bond donors (Lipinski definition) is 0. The molecule has 217 valence electrons. The zero-order chi connectivity index (χ0) is 30.2. The third-order valence-electron chi connectivity index (χ3n) is 10.6. The predicted octanol–water partition coefficient (Wildman–Crippen LogP) is 11.4. The zero-order valence-electron chi connectivity index (χ0n) is 25.4. The average Bonchev–Trinajstić information content (AvgIpc) is 3.63. The van der Waals surface area contributed by atoms with Crippen molar-refractivity contribution in [2.75, 3.05) is 0 Å². The van der Waals surface area contributed by atoms with Crippen LogP contribution < -0.4 is 3.27 Å². The van der Waals surface area contributed by atoms with E-state index in [1.54, 1.807) is 0 Å². The van der Waals surface area contributed by atoms with Gasteiger partial charge in [-0.3, -0.25) is 0 Å². The topological polar surface area (TPSA) is 0 Å². The van der Waals surface area contributed by atoms with Crippen molar-refractivity contribution in [3.05, 3.63) is 143 Å². The molecule has 1 atom stereocenters. The summed E-state index contributed by atoms with van der Waals surface area (Å²) in [6.45, 7) is 7.12. The van der Waals surface area contributed by atoms with E-state index in [9.17, 15) is 0 Å². The Bertz CT molecular complexity index is 2120. The Hall–Kier alpha value is -2.74. The van der Waals surface area contributed by atoms with Crippen molar-refractivity contribution in [1.29, 1.82) is 0 Å². The molecule has 6 aromatic carbocycles. The second kappa shape index (κ2) is 10.4. The Morgan fingerprint density at radius 3 is 2.02 bits per heavy atom. The molecule has 0 spiro atoms. The summed E-state index contributed by atoms with van der Waals surface area (Å²) in [4.78, 5) is 0. The standard InChI is InChI=1S/C25H19.C13H9.C2H7Si.2ClH.Zr/c1-2-17-14-18-10-7-13-23(24(18)15-17)25-21-11-5-3-8-19(21)16-20-9-4-6-12-22(20)25;1-3-7-12-10(5-1)9-11-6-2-4-8-13(11)12;1-3-2;;;/h3-16H,2H2,1H3;1-5,7-8H,9H2;3H,1-2H3;2*1H;/q;;;;;+2/p-2. The van der Waals surface area contributed by atoms with Gasteiger partial charge in [0.15, 0.2) is 0 Å². The number of halogens is 2. The molecule has 0 nitrogen and oxygen atoms in total. The van der Waals surface area contributed by atoms with E-state index in [0.717, 1.165) is 12.8 Å². The van der Waals surface area contributed by atoms with E-state index in [0.29, 0.717) is 0 Å². The summed E-state index contributed by atoms with van der Waals surface area (Å²) in [5.74, 6) is -1.61. The second-order valence-corrected chi connectivity index (χ2v) is 54.4. The first-order chi connectivity index (χ1) is 21.3. The summed E-state index contributed by atoms with van der Waals surface area (Å²) in [6.07, 6.45) is 4.33. The molecule has 44 heavy (non-hydrogen) atoms. The van der Waals surface area contributed by atoms with E-state index in [2.05, 4.69) is 141 Å². The first kappa shape index (κ1) is 28.7. The quantitative estimate of drug-likeness (QED) is 0.124. The molecule has 0 heterocycles. The van der Waals surface area contributed by atoms with Crippen molar-refractivity contribution in [2.24, 2.45) is 0 Å². The van der Waals surface area contributed by atoms with Crippen LogP contribution in [0.4, 0.5) is 0 Å². The number of fused-ring (bicyclic) bond motifs is 6. The van der Waals surface area contributed by atoms with Crippen molar-refractivity contribution in [3.8, 4) is 22.3 Å². The first-order valence-electron chi connectivity index (χ1n) is 15.8. The fourth-order valence-electron chi connectivity index (χ4n) is 8.32. The second-order valence-electron chi connectivity index (χ2n) is 13.0. The Morgan fingerprint density at radius 2 is 1.32 bits per heavy atom. The van der Waals surface area contributed by atoms with Crippen LogP contribution in [0.1, 0.15) is 39.2 Å². The SMILES string of the molecule is CCC1=Cc2c(-c3c4ccccc4cc4ccccc34)cccc2[CH]1[Zr]([Cl])([Cl])([c]1cccc2c1Cc1ccccc1-2)[SiH](C)C. The van der Waals surface area contributed by atoms with E-state index in [-0.39, 0.29) is 3.63 Å². The van der Waals surface area contributed by atoms with Gasteiger partial charge in [0, 0.05) is 0 Å². The predicted molar refractivity (Wildman–Crippen MR) is 193 cm³/mol. The van der Waals surface area contributed by atoms with Crippen LogP contribution >= 0.6 is 17.0 Å². The van der Waals surface area contributed by atoms with Gasteiger partial charge in [-0.2, -0.15) is 0 Å². The van der Waals surface area contributed by atoms with Gasteiger partial charge >= 0.3 is 271 Å². The summed E-state index contributed by atoms with van der Waals surface area (Å²) in [7, 11) is 16.9. The third kappa shape index (κ3) is 3.97. The number of rotatable bonds is 5. The molecule has 0 radical (unpaired) electrons. The van der Waals surface area contributed by atoms with Gasteiger partial charge < -0.3 is 0 Å². The van der Waals surface area contributed by atoms with E-state index >= 15 is 0 Å². The van der Waals surface area contributed by atoms with Crippen LogP contribution in [0, 0.1) is 0 Å². The van der Waals surface area contributed by atoms with Crippen molar-refractivity contribution < 1.29 is 15.6 Å². The van der Waals surface area contributed by atoms with E-state index in [4.69, 9.17) is 17.0 Å². The normalized spacial score (nSPS) is 16.5. The van der Waals surface area contributed by atoms with Crippen LogP contribution in [0.15, 0.2) is 121 Å². The van der Waals surface area contributed by atoms with Crippen molar-refractivity contribution in [1.82, 2.24) is 0 Å². The average molecular weight is 706 g/mol. The maximum absolute atomic E-state index is 8.47. The molecule has 0 aromatic heterocycles. The molecular weight excluding hydrogens is 671 g/mol. The van der Waals surface area contributed by atoms with Crippen LogP contribution in [-0.2, 0) is 22.0 Å². The van der Waals surface area contributed by atoms with Gasteiger partial charge in [-0.15, -0.1) is 0 Å². The molecule has 2 aliphatic rings. The van der Waals surface area contributed by atoms with Gasteiger partial charge in [0.1, 0.15) is 0 Å². The van der Waals surface area contributed by atoms with E-state index < -0.39 is 21.5 Å². The number of benzene rings is 6. The fraction of sp³-hybridized carbons (Fsp3) is 0.150. The fourth-order valence-corrected chi connectivity index (χ4v) is 36.3. The van der Waals surface area contributed by atoms with Crippen molar-refractivity contribution >= 4 is 53.8 Å².